The van der Waals surface area contributed by atoms with E-state index in [1.807, 2.05) is 30.3 Å². The van der Waals surface area contributed by atoms with Crippen LogP contribution in [0.15, 0.2) is 48.5 Å². The van der Waals surface area contributed by atoms with Crippen molar-refractivity contribution < 1.29 is 9.53 Å². The second-order valence-electron chi connectivity index (χ2n) is 4.68. The van der Waals surface area contributed by atoms with Crippen LogP contribution in [0.5, 0.6) is 0 Å². The number of cyclic esters (lactones) is 1. The lowest BCUT2D eigenvalue weighted by Gasteiger charge is -2.15. The highest BCUT2D eigenvalue weighted by molar-refractivity contribution is 5.72. The summed E-state index contributed by atoms with van der Waals surface area (Å²) in [6, 6.07) is 16.4. The highest BCUT2D eigenvalue weighted by Crippen LogP contribution is 2.30. The molecular weight excluding hydrogens is 238 g/mol. The molecule has 1 aliphatic heterocycles. The lowest BCUT2D eigenvalue weighted by atomic mass is 9.93. The number of rotatable bonds is 2. The molecule has 0 radical (unpaired) electrons. The fraction of sp³-hybridized carbons (Fsp3) is 0.188. The number of hydrogen-bond donors (Lipinski definition) is 1. The van der Waals surface area contributed by atoms with Gasteiger partial charge in [0.1, 0.15) is 6.61 Å². The van der Waals surface area contributed by atoms with Crippen LogP contribution in [0.3, 0.4) is 0 Å². The molecule has 0 aliphatic carbocycles. The number of alkyl carbamates (subject to hydrolysis) is 1. The van der Waals surface area contributed by atoms with Gasteiger partial charge in [-0.15, -0.1) is 0 Å². The van der Waals surface area contributed by atoms with Crippen molar-refractivity contribution in [3.8, 4) is 11.1 Å². The maximum absolute atomic E-state index is 11.2. The molecular formula is C16H15NO2. The Hall–Kier alpha value is -2.29. The van der Waals surface area contributed by atoms with Crippen molar-refractivity contribution in [2.75, 3.05) is 6.61 Å². The summed E-state index contributed by atoms with van der Waals surface area (Å²) in [6.07, 6.45) is -0.338. The van der Waals surface area contributed by atoms with E-state index in [1.165, 1.54) is 16.7 Å². The van der Waals surface area contributed by atoms with Crippen molar-refractivity contribution in [1.82, 2.24) is 5.32 Å². The second kappa shape index (κ2) is 4.76. The zero-order chi connectivity index (χ0) is 13.2. The first-order valence-corrected chi connectivity index (χ1v) is 6.34. The highest BCUT2D eigenvalue weighted by Gasteiger charge is 2.25. The number of nitrogens with one attached hydrogen (secondary N) is 1. The van der Waals surface area contributed by atoms with E-state index in [2.05, 4.69) is 30.4 Å². The van der Waals surface area contributed by atoms with Gasteiger partial charge in [-0.2, -0.15) is 0 Å². The molecule has 3 nitrogen and oxygen atoms in total. The van der Waals surface area contributed by atoms with Crippen LogP contribution in [0.1, 0.15) is 17.2 Å². The molecule has 3 rings (SSSR count). The molecule has 1 saturated heterocycles. The number of amides is 1. The third-order valence-corrected chi connectivity index (χ3v) is 3.51. The number of benzene rings is 2. The Morgan fingerprint density at radius 1 is 1.11 bits per heavy atom. The maximum atomic E-state index is 11.2. The molecule has 1 fully saturated rings. The summed E-state index contributed by atoms with van der Waals surface area (Å²) < 4.78 is 4.97. The average Bonchev–Trinajstić information content (AvgIpc) is 2.86. The first kappa shape index (κ1) is 11.8. The number of carbonyl (C=O) groups is 1. The molecule has 0 spiro atoms. The van der Waals surface area contributed by atoms with Gasteiger partial charge in [0.15, 0.2) is 0 Å². The minimum absolute atomic E-state index is 0.0452. The van der Waals surface area contributed by atoms with Crippen LogP contribution in [0, 0.1) is 6.92 Å². The summed E-state index contributed by atoms with van der Waals surface area (Å²) >= 11 is 0. The quantitative estimate of drug-likeness (QED) is 0.890. The van der Waals surface area contributed by atoms with E-state index < -0.39 is 0 Å². The molecule has 1 amide bonds. The molecule has 1 unspecified atom stereocenters. The summed E-state index contributed by atoms with van der Waals surface area (Å²) in [4.78, 5) is 11.2. The standard InChI is InChI=1S/C16H15NO2/c1-11-13(12-6-3-2-4-7-12)8-5-9-14(11)15-10-19-16(18)17-15/h2-9,15H,10H2,1H3,(H,17,18). The summed E-state index contributed by atoms with van der Waals surface area (Å²) in [5, 5.41) is 2.83. The molecule has 3 heteroatoms. The summed E-state index contributed by atoms with van der Waals surface area (Å²) in [5.41, 5.74) is 4.68. The van der Waals surface area contributed by atoms with E-state index in [9.17, 15) is 4.79 Å². The Labute approximate surface area is 112 Å². The number of ether oxygens (including phenoxy) is 1. The van der Waals surface area contributed by atoms with Crippen LogP contribution in [-0.4, -0.2) is 12.7 Å². The minimum Gasteiger partial charge on any atom is -0.447 e. The van der Waals surface area contributed by atoms with Crippen molar-refractivity contribution in [2.45, 2.75) is 13.0 Å². The van der Waals surface area contributed by atoms with Crippen LogP contribution in [-0.2, 0) is 4.74 Å². The molecule has 1 N–H and O–H groups in total. The Kier molecular flexibility index (Phi) is 2.95. The molecule has 1 aliphatic rings. The third-order valence-electron chi connectivity index (χ3n) is 3.51. The molecule has 96 valence electrons. The summed E-state index contributed by atoms with van der Waals surface area (Å²) in [5.74, 6) is 0. The van der Waals surface area contributed by atoms with Gasteiger partial charge in [-0.05, 0) is 29.2 Å². The van der Waals surface area contributed by atoms with Crippen LogP contribution >= 0.6 is 0 Å². The molecule has 1 atom stereocenters. The lowest BCUT2D eigenvalue weighted by Crippen LogP contribution is -2.19. The second-order valence-corrected chi connectivity index (χ2v) is 4.68. The van der Waals surface area contributed by atoms with Crippen molar-refractivity contribution in [3.63, 3.8) is 0 Å². The monoisotopic (exact) mass is 253 g/mol. The van der Waals surface area contributed by atoms with Crippen molar-refractivity contribution in [3.05, 3.63) is 59.7 Å². The van der Waals surface area contributed by atoms with Crippen LogP contribution in [0.2, 0.25) is 0 Å². The van der Waals surface area contributed by atoms with Gasteiger partial charge in [0, 0.05) is 0 Å². The average molecular weight is 253 g/mol. The van der Waals surface area contributed by atoms with E-state index in [0.717, 1.165) is 5.56 Å². The Morgan fingerprint density at radius 2 is 1.89 bits per heavy atom. The molecule has 2 aromatic rings. The van der Waals surface area contributed by atoms with Gasteiger partial charge >= 0.3 is 6.09 Å². The molecule has 0 saturated carbocycles. The predicted octanol–water partition coefficient (Wildman–Crippen LogP) is 3.44. The lowest BCUT2D eigenvalue weighted by molar-refractivity contribution is 0.177. The van der Waals surface area contributed by atoms with E-state index in [1.54, 1.807) is 0 Å². The van der Waals surface area contributed by atoms with E-state index in [-0.39, 0.29) is 12.1 Å². The van der Waals surface area contributed by atoms with Crippen molar-refractivity contribution in [1.29, 1.82) is 0 Å². The van der Waals surface area contributed by atoms with E-state index in [4.69, 9.17) is 4.74 Å². The molecule has 19 heavy (non-hydrogen) atoms. The predicted molar refractivity (Wildman–Crippen MR) is 73.8 cm³/mol. The highest BCUT2D eigenvalue weighted by atomic mass is 16.6. The van der Waals surface area contributed by atoms with Crippen molar-refractivity contribution >= 4 is 6.09 Å². The Bertz CT molecular complexity index is 607. The number of carbonyl (C=O) groups excluding carboxylic acids is 1. The number of hydrogen-bond acceptors (Lipinski definition) is 2. The smallest absolute Gasteiger partial charge is 0.407 e. The zero-order valence-electron chi connectivity index (χ0n) is 10.7. The van der Waals surface area contributed by atoms with Gasteiger partial charge < -0.3 is 10.1 Å². The first-order valence-electron chi connectivity index (χ1n) is 6.34. The largest absolute Gasteiger partial charge is 0.447 e. The summed E-state index contributed by atoms with van der Waals surface area (Å²) in [6.45, 7) is 2.49. The van der Waals surface area contributed by atoms with Crippen LogP contribution in [0.4, 0.5) is 4.79 Å². The summed E-state index contributed by atoms with van der Waals surface area (Å²) in [7, 11) is 0. The third kappa shape index (κ3) is 2.19. The van der Waals surface area contributed by atoms with Gasteiger partial charge in [-0.3, -0.25) is 0 Å². The zero-order valence-corrected chi connectivity index (χ0v) is 10.7. The van der Waals surface area contributed by atoms with E-state index >= 15 is 0 Å². The molecule has 0 bridgehead atoms. The van der Waals surface area contributed by atoms with Gasteiger partial charge in [0.25, 0.3) is 0 Å². The van der Waals surface area contributed by atoms with Gasteiger partial charge in [0.05, 0.1) is 6.04 Å². The molecule has 2 aromatic carbocycles. The fourth-order valence-electron chi connectivity index (χ4n) is 2.51. The normalized spacial score (nSPS) is 17.9. The van der Waals surface area contributed by atoms with Crippen LogP contribution < -0.4 is 5.32 Å². The maximum Gasteiger partial charge on any atom is 0.407 e. The molecule has 0 aromatic heterocycles. The van der Waals surface area contributed by atoms with Gasteiger partial charge in [-0.1, -0.05) is 48.5 Å². The van der Waals surface area contributed by atoms with Gasteiger partial charge in [-0.25, -0.2) is 4.79 Å². The van der Waals surface area contributed by atoms with Crippen LogP contribution in [0.25, 0.3) is 11.1 Å². The van der Waals surface area contributed by atoms with Gasteiger partial charge in [0.2, 0.25) is 0 Å². The molecule has 1 heterocycles. The topological polar surface area (TPSA) is 38.3 Å². The minimum atomic E-state index is -0.338. The van der Waals surface area contributed by atoms with Crippen molar-refractivity contribution in [2.24, 2.45) is 0 Å². The fourth-order valence-corrected chi connectivity index (χ4v) is 2.51. The Morgan fingerprint density at radius 3 is 2.58 bits per heavy atom. The first-order chi connectivity index (χ1) is 9.25. The SMILES string of the molecule is Cc1c(-c2ccccc2)cccc1C1COC(=O)N1. The van der Waals surface area contributed by atoms with E-state index in [0.29, 0.717) is 6.61 Å². The Balaban J connectivity index is 2.02.